The minimum absolute atomic E-state index is 0.552. The molecule has 0 spiro atoms. The Labute approximate surface area is 101 Å². The van der Waals surface area contributed by atoms with Gasteiger partial charge in [-0.15, -0.1) is 0 Å². The monoisotopic (exact) mass is 243 g/mol. The Balaban J connectivity index is 2.07. The first-order valence-electron chi connectivity index (χ1n) is 5.37. The van der Waals surface area contributed by atoms with E-state index in [-0.39, 0.29) is 0 Å². The van der Waals surface area contributed by atoms with Crippen molar-refractivity contribution in [3.8, 4) is 0 Å². The highest BCUT2D eigenvalue weighted by molar-refractivity contribution is 6.35. The number of halogens is 2. The lowest BCUT2D eigenvalue weighted by Crippen LogP contribution is -2.15. The van der Waals surface area contributed by atoms with Gasteiger partial charge in [0.2, 0.25) is 0 Å². The molecule has 0 aromatic heterocycles. The van der Waals surface area contributed by atoms with Crippen molar-refractivity contribution in [2.45, 2.75) is 32.2 Å². The molecule has 0 amide bonds. The van der Waals surface area contributed by atoms with Crippen LogP contribution in [0.1, 0.15) is 26.2 Å². The summed E-state index contributed by atoms with van der Waals surface area (Å²) in [7, 11) is 0. The number of benzene rings is 1. The molecule has 3 heteroatoms. The van der Waals surface area contributed by atoms with Crippen molar-refractivity contribution in [3.63, 3.8) is 0 Å². The molecule has 1 aromatic carbocycles. The van der Waals surface area contributed by atoms with E-state index in [0.717, 1.165) is 21.7 Å². The molecule has 1 aromatic rings. The van der Waals surface area contributed by atoms with Crippen LogP contribution in [0.2, 0.25) is 10.0 Å². The van der Waals surface area contributed by atoms with Gasteiger partial charge in [-0.25, -0.2) is 0 Å². The number of hydrogen-bond donors (Lipinski definition) is 1. The Bertz CT molecular complexity index is 351. The van der Waals surface area contributed by atoms with Crippen LogP contribution in [0.25, 0.3) is 0 Å². The van der Waals surface area contributed by atoms with Crippen LogP contribution < -0.4 is 5.32 Å². The van der Waals surface area contributed by atoms with E-state index in [4.69, 9.17) is 23.2 Å². The van der Waals surface area contributed by atoms with Crippen molar-refractivity contribution in [1.29, 1.82) is 0 Å². The maximum Gasteiger partial charge on any atom is 0.0638 e. The van der Waals surface area contributed by atoms with Gasteiger partial charge in [-0.3, -0.25) is 0 Å². The third kappa shape index (κ3) is 2.79. The van der Waals surface area contributed by atoms with Crippen LogP contribution in [0.15, 0.2) is 18.2 Å². The maximum atomic E-state index is 6.09. The molecule has 0 aliphatic heterocycles. The van der Waals surface area contributed by atoms with E-state index in [2.05, 4.69) is 12.2 Å². The average molecular weight is 244 g/mol. The lowest BCUT2D eigenvalue weighted by molar-refractivity contribution is 0.602. The van der Waals surface area contributed by atoms with Crippen molar-refractivity contribution in [2.75, 3.05) is 5.32 Å². The number of hydrogen-bond acceptors (Lipinski definition) is 1. The predicted molar refractivity (Wildman–Crippen MR) is 66.9 cm³/mol. The van der Waals surface area contributed by atoms with E-state index < -0.39 is 0 Å². The van der Waals surface area contributed by atoms with E-state index in [1.807, 2.05) is 18.2 Å². The number of anilines is 1. The lowest BCUT2D eigenvalue weighted by atomic mass is 10.1. The zero-order valence-corrected chi connectivity index (χ0v) is 10.3. The van der Waals surface area contributed by atoms with Crippen LogP contribution in [0.3, 0.4) is 0 Å². The van der Waals surface area contributed by atoms with Gasteiger partial charge in [-0.2, -0.15) is 0 Å². The number of rotatable bonds is 2. The quantitative estimate of drug-likeness (QED) is 0.801. The summed E-state index contributed by atoms with van der Waals surface area (Å²) in [6, 6.07) is 6.10. The van der Waals surface area contributed by atoms with Crippen molar-refractivity contribution in [3.05, 3.63) is 28.2 Å². The normalized spacial score (nSPS) is 25.5. The van der Waals surface area contributed by atoms with Gasteiger partial charge in [0.05, 0.1) is 10.7 Å². The lowest BCUT2D eigenvalue weighted by Gasteiger charge is -2.15. The molecule has 2 unspecified atom stereocenters. The standard InChI is InChI=1S/C12H15Cl2N/c1-8-2-4-10(6-8)15-12-7-9(13)3-5-11(12)14/h3,5,7-8,10,15H,2,4,6H2,1H3. The highest BCUT2D eigenvalue weighted by Gasteiger charge is 2.21. The highest BCUT2D eigenvalue weighted by Crippen LogP contribution is 2.31. The minimum atomic E-state index is 0.552. The Morgan fingerprint density at radius 1 is 1.27 bits per heavy atom. The molecular formula is C12H15Cl2N. The van der Waals surface area contributed by atoms with E-state index in [1.165, 1.54) is 19.3 Å². The van der Waals surface area contributed by atoms with Gasteiger partial charge in [0.1, 0.15) is 0 Å². The second-order valence-electron chi connectivity index (χ2n) is 4.38. The molecule has 1 nitrogen and oxygen atoms in total. The summed E-state index contributed by atoms with van der Waals surface area (Å²) in [4.78, 5) is 0. The molecule has 1 saturated carbocycles. The summed E-state index contributed by atoms with van der Waals surface area (Å²) < 4.78 is 0. The molecule has 15 heavy (non-hydrogen) atoms. The first-order valence-corrected chi connectivity index (χ1v) is 6.12. The molecule has 2 atom stereocenters. The van der Waals surface area contributed by atoms with Crippen LogP contribution in [0.5, 0.6) is 0 Å². The Morgan fingerprint density at radius 2 is 2.07 bits per heavy atom. The van der Waals surface area contributed by atoms with Gasteiger partial charge in [0, 0.05) is 11.1 Å². The number of nitrogens with one attached hydrogen (secondary N) is 1. The van der Waals surface area contributed by atoms with E-state index in [0.29, 0.717) is 6.04 Å². The summed E-state index contributed by atoms with van der Waals surface area (Å²) in [5, 5.41) is 4.94. The molecule has 2 rings (SSSR count). The summed E-state index contributed by atoms with van der Waals surface area (Å²) in [5.41, 5.74) is 0.961. The van der Waals surface area contributed by atoms with Crippen LogP contribution in [-0.4, -0.2) is 6.04 Å². The van der Waals surface area contributed by atoms with Crippen molar-refractivity contribution in [2.24, 2.45) is 5.92 Å². The van der Waals surface area contributed by atoms with Gasteiger partial charge in [-0.05, 0) is 43.4 Å². The minimum Gasteiger partial charge on any atom is -0.381 e. The summed E-state index contributed by atoms with van der Waals surface area (Å²) in [6.45, 7) is 2.29. The maximum absolute atomic E-state index is 6.09. The molecule has 0 heterocycles. The molecule has 0 saturated heterocycles. The van der Waals surface area contributed by atoms with Crippen molar-refractivity contribution < 1.29 is 0 Å². The molecule has 1 fully saturated rings. The van der Waals surface area contributed by atoms with Crippen LogP contribution in [0.4, 0.5) is 5.69 Å². The molecule has 1 aliphatic carbocycles. The molecule has 82 valence electrons. The molecular weight excluding hydrogens is 229 g/mol. The Hall–Kier alpha value is -0.400. The summed E-state index contributed by atoms with van der Waals surface area (Å²) in [6.07, 6.45) is 3.75. The smallest absolute Gasteiger partial charge is 0.0638 e. The van der Waals surface area contributed by atoms with Gasteiger partial charge in [-0.1, -0.05) is 30.1 Å². The first-order chi connectivity index (χ1) is 7.15. The zero-order valence-electron chi connectivity index (χ0n) is 8.76. The van der Waals surface area contributed by atoms with Gasteiger partial charge in [0.25, 0.3) is 0 Å². The SMILES string of the molecule is CC1CCC(Nc2cc(Cl)ccc2Cl)C1. The summed E-state index contributed by atoms with van der Waals surface area (Å²) >= 11 is 12.0. The fourth-order valence-electron chi connectivity index (χ4n) is 2.17. The fraction of sp³-hybridized carbons (Fsp3) is 0.500. The van der Waals surface area contributed by atoms with Crippen LogP contribution in [-0.2, 0) is 0 Å². The van der Waals surface area contributed by atoms with Crippen LogP contribution in [0, 0.1) is 5.92 Å². The van der Waals surface area contributed by atoms with E-state index >= 15 is 0 Å². The van der Waals surface area contributed by atoms with Gasteiger partial charge < -0.3 is 5.32 Å². The molecule has 1 N–H and O–H groups in total. The predicted octanol–water partition coefficient (Wildman–Crippen LogP) is 4.59. The third-order valence-electron chi connectivity index (χ3n) is 2.98. The van der Waals surface area contributed by atoms with Gasteiger partial charge >= 0.3 is 0 Å². The van der Waals surface area contributed by atoms with Crippen molar-refractivity contribution in [1.82, 2.24) is 0 Å². The average Bonchev–Trinajstić information content (AvgIpc) is 2.58. The highest BCUT2D eigenvalue weighted by atomic mass is 35.5. The molecule has 0 bridgehead atoms. The largest absolute Gasteiger partial charge is 0.381 e. The second-order valence-corrected chi connectivity index (χ2v) is 5.23. The topological polar surface area (TPSA) is 12.0 Å². The Morgan fingerprint density at radius 3 is 2.73 bits per heavy atom. The second kappa shape index (κ2) is 4.63. The van der Waals surface area contributed by atoms with E-state index in [9.17, 15) is 0 Å². The Kier molecular flexibility index (Phi) is 3.42. The zero-order chi connectivity index (χ0) is 10.8. The molecule has 1 aliphatic rings. The fourth-order valence-corrected chi connectivity index (χ4v) is 2.51. The molecule has 0 radical (unpaired) electrons. The summed E-state index contributed by atoms with van der Waals surface area (Å²) in [5.74, 6) is 0.820. The van der Waals surface area contributed by atoms with Crippen molar-refractivity contribution >= 4 is 28.9 Å². The first kappa shape index (κ1) is 11.1. The third-order valence-corrected chi connectivity index (χ3v) is 3.55. The van der Waals surface area contributed by atoms with Gasteiger partial charge in [0.15, 0.2) is 0 Å². The van der Waals surface area contributed by atoms with E-state index in [1.54, 1.807) is 0 Å². The van der Waals surface area contributed by atoms with Crippen LogP contribution >= 0.6 is 23.2 Å².